The van der Waals surface area contributed by atoms with Gasteiger partial charge in [0.05, 0.1) is 13.2 Å². The maximum absolute atomic E-state index is 12.5. The molecule has 39 heavy (non-hydrogen) atoms. The SMILES string of the molecule is O=C(C[C@]12COC[C@H]1CN(Cc1cccs1)C2)NCc1cccnc1.O=C(O)C(F)(F)F.O=C(O)C(F)(F)F. The van der Waals surface area contributed by atoms with E-state index < -0.39 is 24.3 Å². The number of pyridine rings is 1. The Morgan fingerprint density at radius 1 is 1.10 bits per heavy atom. The number of alkyl halides is 6. The molecular weight excluding hydrogens is 560 g/mol. The second kappa shape index (κ2) is 13.7. The largest absolute Gasteiger partial charge is 0.490 e. The van der Waals surface area contributed by atoms with E-state index in [0.29, 0.717) is 25.5 Å². The molecule has 2 aliphatic rings. The number of carbonyl (C=O) groups is 3. The van der Waals surface area contributed by atoms with E-state index in [0.717, 1.165) is 31.8 Å². The van der Waals surface area contributed by atoms with Crippen molar-refractivity contribution < 1.29 is 55.7 Å². The van der Waals surface area contributed by atoms with Gasteiger partial charge in [-0.25, -0.2) is 9.59 Å². The molecule has 16 heteroatoms. The van der Waals surface area contributed by atoms with Gasteiger partial charge in [0.1, 0.15) is 0 Å². The highest BCUT2D eigenvalue weighted by Crippen LogP contribution is 2.44. The van der Waals surface area contributed by atoms with Gasteiger partial charge in [-0.05, 0) is 23.1 Å². The van der Waals surface area contributed by atoms with E-state index in [-0.39, 0.29) is 11.3 Å². The first-order valence-corrected chi connectivity index (χ1v) is 12.1. The number of thiophene rings is 1. The summed E-state index contributed by atoms with van der Waals surface area (Å²) in [6.07, 6.45) is -6.09. The van der Waals surface area contributed by atoms with E-state index in [1.807, 2.05) is 12.1 Å². The molecule has 2 atom stereocenters. The molecule has 216 valence electrons. The Hall–Kier alpha value is -3.24. The smallest absolute Gasteiger partial charge is 0.475 e. The number of hydrogen-bond donors (Lipinski definition) is 3. The molecule has 1 amide bonds. The second-order valence-corrected chi connectivity index (χ2v) is 9.78. The number of nitrogens with one attached hydrogen (secondary N) is 1. The molecule has 2 aliphatic heterocycles. The average molecular weight is 586 g/mol. The van der Waals surface area contributed by atoms with E-state index in [2.05, 4.69) is 32.7 Å². The van der Waals surface area contributed by atoms with Crippen LogP contribution in [0.15, 0.2) is 42.0 Å². The van der Waals surface area contributed by atoms with Crippen LogP contribution < -0.4 is 5.32 Å². The lowest BCUT2D eigenvalue weighted by molar-refractivity contribution is -0.193. The third kappa shape index (κ3) is 10.4. The molecular formula is C23H25F6N3O6S. The molecule has 0 radical (unpaired) electrons. The Morgan fingerprint density at radius 3 is 2.26 bits per heavy atom. The highest BCUT2D eigenvalue weighted by atomic mass is 32.1. The summed E-state index contributed by atoms with van der Waals surface area (Å²) in [6, 6.07) is 8.15. The number of rotatable bonds is 6. The lowest BCUT2D eigenvalue weighted by Gasteiger charge is -2.26. The van der Waals surface area contributed by atoms with Gasteiger partial charge in [-0.1, -0.05) is 12.1 Å². The zero-order chi connectivity index (χ0) is 29.3. The predicted molar refractivity (Wildman–Crippen MR) is 124 cm³/mol. The summed E-state index contributed by atoms with van der Waals surface area (Å²) in [4.78, 5) is 38.3. The first kappa shape index (κ1) is 32.0. The molecule has 2 aromatic rings. The van der Waals surface area contributed by atoms with Crippen LogP contribution >= 0.6 is 11.3 Å². The summed E-state index contributed by atoms with van der Waals surface area (Å²) in [6.45, 7) is 4.94. The van der Waals surface area contributed by atoms with Crippen LogP contribution in [0.1, 0.15) is 16.9 Å². The molecule has 2 fully saturated rings. The predicted octanol–water partition coefficient (Wildman–Crippen LogP) is 3.56. The van der Waals surface area contributed by atoms with E-state index in [9.17, 15) is 31.1 Å². The average Bonchev–Trinajstić information content (AvgIpc) is 3.55. The molecule has 4 heterocycles. The highest BCUT2D eigenvalue weighted by molar-refractivity contribution is 7.09. The zero-order valence-corrected chi connectivity index (χ0v) is 21.0. The molecule has 2 saturated heterocycles. The van der Waals surface area contributed by atoms with E-state index >= 15 is 0 Å². The van der Waals surface area contributed by atoms with Crippen LogP contribution in [0.25, 0.3) is 0 Å². The molecule has 2 aromatic heterocycles. The molecule has 0 bridgehead atoms. The molecule has 0 unspecified atom stereocenters. The highest BCUT2D eigenvalue weighted by Gasteiger charge is 2.51. The van der Waals surface area contributed by atoms with Crippen LogP contribution in [0.2, 0.25) is 0 Å². The van der Waals surface area contributed by atoms with Crippen molar-refractivity contribution in [3.05, 3.63) is 52.5 Å². The number of hydrogen-bond acceptors (Lipinski definition) is 7. The van der Waals surface area contributed by atoms with Crippen molar-refractivity contribution in [1.29, 1.82) is 0 Å². The van der Waals surface area contributed by atoms with Gasteiger partial charge >= 0.3 is 24.3 Å². The van der Waals surface area contributed by atoms with Crippen molar-refractivity contribution in [1.82, 2.24) is 15.2 Å². The van der Waals surface area contributed by atoms with Crippen molar-refractivity contribution in [2.24, 2.45) is 11.3 Å². The number of fused-ring (bicyclic) bond motifs is 1. The first-order chi connectivity index (χ1) is 18.1. The third-order valence-corrected chi connectivity index (χ3v) is 6.62. The standard InChI is InChI=1S/C19H23N3O2S.2C2HF3O2/c23-18(21-9-15-3-1-5-20-8-15)7-19-13-22(10-16(19)12-24-14-19)11-17-4-2-6-25-17;2*3-2(4,5)1(6)7/h1-6,8,16H,7,9-14H2,(H,21,23);2*(H,6,7)/t16-,19+;;/m1../s1. The Labute approximate surface area is 222 Å². The maximum atomic E-state index is 12.5. The quantitative estimate of drug-likeness (QED) is 0.439. The molecule has 0 aliphatic carbocycles. The summed E-state index contributed by atoms with van der Waals surface area (Å²) >= 11 is 1.80. The second-order valence-electron chi connectivity index (χ2n) is 8.74. The van der Waals surface area contributed by atoms with Crippen molar-refractivity contribution in [2.45, 2.75) is 31.9 Å². The minimum Gasteiger partial charge on any atom is -0.475 e. The fourth-order valence-electron chi connectivity index (χ4n) is 4.02. The number of ether oxygens (including phenoxy) is 1. The van der Waals surface area contributed by atoms with Gasteiger partial charge in [-0.2, -0.15) is 26.3 Å². The van der Waals surface area contributed by atoms with Crippen LogP contribution in [0.3, 0.4) is 0 Å². The number of likely N-dealkylation sites (tertiary alicyclic amines) is 1. The number of halogens is 6. The number of carbonyl (C=O) groups excluding carboxylic acids is 1. The van der Waals surface area contributed by atoms with Crippen LogP contribution in [0, 0.1) is 11.3 Å². The van der Waals surface area contributed by atoms with E-state index in [1.165, 1.54) is 4.88 Å². The van der Waals surface area contributed by atoms with Gasteiger partial charge in [-0.15, -0.1) is 11.3 Å². The summed E-state index contributed by atoms with van der Waals surface area (Å²) in [7, 11) is 0. The van der Waals surface area contributed by atoms with Crippen LogP contribution in [0.4, 0.5) is 26.3 Å². The summed E-state index contributed by atoms with van der Waals surface area (Å²) in [5, 5.41) is 19.4. The summed E-state index contributed by atoms with van der Waals surface area (Å²) < 4.78 is 69.2. The van der Waals surface area contributed by atoms with Gasteiger partial charge < -0.3 is 20.3 Å². The first-order valence-electron chi connectivity index (χ1n) is 11.2. The van der Waals surface area contributed by atoms with Crippen molar-refractivity contribution in [3.63, 3.8) is 0 Å². The molecule has 0 saturated carbocycles. The summed E-state index contributed by atoms with van der Waals surface area (Å²) in [5.41, 5.74) is 0.995. The fraction of sp³-hybridized carbons (Fsp3) is 0.478. The van der Waals surface area contributed by atoms with Gasteiger partial charge in [0.2, 0.25) is 5.91 Å². The molecule has 0 spiro atoms. The van der Waals surface area contributed by atoms with Crippen molar-refractivity contribution in [3.8, 4) is 0 Å². The number of aromatic nitrogens is 1. The monoisotopic (exact) mass is 585 g/mol. The van der Waals surface area contributed by atoms with Crippen LogP contribution in [-0.2, 0) is 32.2 Å². The Bertz CT molecular complexity index is 1060. The Balaban J connectivity index is 0.000000317. The summed E-state index contributed by atoms with van der Waals surface area (Å²) in [5.74, 6) is -4.95. The minimum absolute atomic E-state index is 0.0315. The normalized spacial score (nSPS) is 20.6. The lowest BCUT2D eigenvalue weighted by atomic mass is 9.78. The Kier molecular flexibility index (Phi) is 11.2. The fourth-order valence-corrected chi connectivity index (χ4v) is 4.77. The number of nitrogens with zero attached hydrogens (tertiary/aromatic N) is 2. The minimum atomic E-state index is -5.08. The number of amides is 1. The maximum Gasteiger partial charge on any atom is 0.490 e. The number of aliphatic carboxylic acids is 2. The third-order valence-electron chi connectivity index (χ3n) is 5.76. The number of carboxylic acid groups (broad SMARTS) is 2. The van der Waals surface area contributed by atoms with Crippen molar-refractivity contribution in [2.75, 3.05) is 26.3 Å². The Morgan fingerprint density at radius 2 is 1.74 bits per heavy atom. The molecule has 3 N–H and O–H groups in total. The van der Waals surface area contributed by atoms with E-state index in [1.54, 1.807) is 23.7 Å². The molecule has 0 aromatic carbocycles. The van der Waals surface area contributed by atoms with Gasteiger partial charge in [0.25, 0.3) is 0 Å². The zero-order valence-electron chi connectivity index (χ0n) is 20.2. The molecule has 9 nitrogen and oxygen atoms in total. The lowest BCUT2D eigenvalue weighted by Crippen LogP contribution is -2.37. The van der Waals surface area contributed by atoms with Gasteiger partial charge in [0, 0.05) is 61.2 Å². The van der Waals surface area contributed by atoms with Crippen molar-refractivity contribution >= 4 is 29.2 Å². The van der Waals surface area contributed by atoms with Crippen LogP contribution in [0.5, 0.6) is 0 Å². The topological polar surface area (TPSA) is 129 Å². The van der Waals surface area contributed by atoms with Gasteiger partial charge in [0.15, 0.2) is 0 Å². The van der Waals surface area contributed by atoms with Crippen LogP contribution in [-0.4, -0.2) is 76.6 Å². The molecule has 4 rings (SSSR count). The van der Waals surface area contributed by atoms with E-state index in [4.69, 9.17) is 24.5 Å². The van der Waals surface area contributed by atoms with Gasteiger partial charge in [-0.3, -0.25) is 14.7 Å². The number of carboxylic acids is 2.